The molecule has 5 nitrogen and oxygen atoms in total. The van der Waals surface area contributed by atoms with Crippen LogP contribution in [0.25, 0.3) is 6.08 Å². The van der Waals surface area contributed by atoms with Crippen molar-refractivity contribution in [2.75, 3.05) is 6.61 Å². The highest BCUT2D eigenvalue weighted by molar-refractivity contribution is 5.93. The maximum Gasteiger partial charge on any atom is 0.305 e. The minimum absolute atomic E-state index is 0.0775. The van der Waals surface area contributed by atoms with E-state index < -0.39 is 0 Å². The van der Waals surface area contributed by atoms with Gasteiger partial charge in [0.1, 0.15) is 18.1 Å². The van der Waals surface area contributed by atoms with Crippen molar-refractivity contribution in [3.05, 3.63) is 29.7 Å². The van der Waals surface area contributed by atoms with Crippen molar-refractivity contribution in [2.45, 2.75) is 32.8 Å². The van der Waals surface area contributed by atoms with Crippen molar-refractivity contribution in [3.8, 4) is 0 Å². The Labute approximate surface area is 111 Å². The molecule has 0 bridgehead atoms. The molecule has 1 heterocycles. The van der Waals surface area contributed by atoms with E-state index in [2.05, 4.69) is 0 Å². The van der Waals surface area contributed by atoms with E-state index in [1.54, 1.807) is 25.1 Å². The minimum atomic E-state index is -0.280. The van der Waals surface area contributed by atoms with Crippen molar-refractivity contribution in [1.29, 1.82) is 0 Å². The molecule has 0 aliphatic heterocycles. The molecular formula is C14H18O5. The number of hydrogen-bond acceptors (Lipinski definition) is 5. The Kier molecular flexibility index (Phi) is 6.60. The zero-order valence-corrected chi connectivity index (χ0v) is 10.9. The summed E-state index contributed by atoms with van der Waals surface area (Å²) in [4.78, 5) is 22.6. The van der Waals surface area contributed by atoms with Crippen LogP contribution in [0.2, 0.25) is 0 Å². The molecule has 0 atom stereocenters. The van der Waals surface area contributed by atoms with E-state index in [9.17, 15) is 9.59 Å². The highest BCUT2D eigenvalue weighted by atomic mass is 16.5. The van der Waals surface area contributed by atoms with E-state index in [0.29, 0.717) is 31.0 Å². The highest BCUT2D eigenvalue weighted by Crippen LogP contribution is 2.10. The Morgan fingerprint density at radius 1 is 1.37 bits per heavy atom. The monoisotopic (exact) mass is 266 g/mol. The SMILES string of the molecule is CCOC(=O)CCCC(=O)/C=C/c1ccc(CO)o1. The van der Waals surface area contributed by atoms with Gasteiger partial charge in [0.25, 0.3) is 0 Å². The van der Waals surface area contributed by atoms with Gasteiger partial charge in [0, 0.05) is 12.8 Å². The van der Waals surface area contributed by atoms with Crippen molar-refractivity contribution < 1.29 is 23.8 Å². The van der Waals surface area contributed by atoms with E-state index >= 15 is 0 Å². The maximum atomic E-state index is 11.5. The molecule has 0 aliphatic rings. The van der Waals surface area contributed by atoms with Gasteiger partial charge in [0.05, 0.1) is 6.61 Å². The lowest BCUT2D eigenvalue weighted by Crippen LogP contribution is -2.04. The first-order valence-electron chi connectivity index (χ1n) is 6.21. The molecule has 0 spiro atoms. The summed E-state index contributed by atoms with van der Waals surface area (Å²) >= 11 is 0. The number of rotatable bonds is 8. The molecular weight excluding hydrogens is 248 g/mol. The maximum absolute atomic E-state index is 11.5. The number of esters is 1. The Bertz CT molecular complexity index is 444. The average Bonchev–Trinajstić information content (AvgIpc) is 2.84. The van der Waals surface area contributed by atoms with Gasteiger partial charge in [-0.15, -0.1) is 0 Å². The lowest BCUT2D eigenvalue weighted by Gasteiger charge is -1.99. The summed E-state index contributed by atoms with van der Waals surface area (Å²) in [6.45, 7) is 1.94. The molecule has 0 aromatic carbocycles. The predicted molar refractivity (Wildman–Crippen MR) is 69.2 cm³/mol. The van der Waals surface area contributed by atoms with E-state index in [0.717, 1.165) is 0 Å². The second kappa shape index (κ2) is 8.26. The van der Waals surface area contributed by atoms with E-state index in [1.165, 1.54) is 6.08 Å². The third-order valence-corrected chi connectivity index (χ3v) is 2.38. The zero-order valence-electron chi connectivity index (χ0n) is 10.9. The van der Waals surface area contributed by atoms with Crippen LogP contribution in [0.4, 0.5) is 0 Å². The van der Waals surface area contributed by atoms with Crippen LogP contribution >= 0.6 is 0 Å². The molecule has 5 heteroatoms. The molecule has 0 amide bonds. The van der Waals surface area contributed by atoms with Crippen molar-refractivity contribution in [3.63, 3.8) is 0 Å². The van der Waals surface area contributed by atoms with Gasteiger partial charge in [-0.05, 0) is 37.6 Å². The molecule has 0 radical (unpaired) electrons. The number of carbonyl (C=O) groups is 2. The van der Waals surface area contributed by atoms with Crippen LogP contribution in [-0.4, -0.2) is 23.5 Å². The van der Waals surface area contributed by atoms with Crippen LogP contribution in [0.1, 0.15) is 37.7 Å². The summed E-state index contributed by atoms with van der Waals surface area (Å²) in [5.41, 5.74) is 0. The molecule has 0 saturated heterocycles. The van der Waals surface area contributed by atoms with Crippen LogP contribution in [-0.2, 0) is 20.9 Å². The molecule has 0 fully saturated rings. The second-order valence-electron chi connectivity index (χ2n) is 3.92. The van der Waals surface area contributed by atoms with Crippen LogP contribution in [0, 0.1) is 0 Å². The van der Waals surface area contributed by atoms with Crippen molar-refractivity contribution in [2.24, 2.45) is 0 Å². The van der Waals surface area contributed by atoms with Crippen molar-refractivity contribution in [1.82, 2.24) is 0 Å². The Morgan fingerprint density at radius 3 is 2.79 bits per heavy atom. The summed E-state index contributed by atoms with van der Waals surface area (Å²) in [5.74, 6) is 0.612. The number of ketones is 1. The summed E-state index contributed by atoms with van der Waals surface area (Å²) in [5, 5.41) is 8.81. The molecule has 0 unspecified atom stereocenters. The van der Waals surface area contributed by atoms with Crippen molar-refractivity contribution >= 4 is 17.8 Å². The fourth-order valence-electron chi connectivity index (χ4n) is 1.47. The van der Waals surface area contributed by atoms with Gasteiger partial charge in [-0.25, -0.2) is 0 Å². The third-order valence-electron chi connectivity index (χ3n) is 2.38. The van der Waals surface area contributed by atoms with Gasteiger partial charge in [-0.3, -0.25) is 9.59 Å². The van der Waals surface area contributed by atoms with E-state index in [4.69, 9.17) is 14.3 Å². The number of aliphatic hydroxyl groups excluding tert-OH is 1. The lowest BCUT2D eigenvalue weighted by atomic mass is 10.1. The molecule has 1 aromatic rings. The summed E-state index contributed by atoms with van der Waals surface area (Å²) in [6, 6.07) is 3.32. The van der Waals surface area contributed by atoms with Crippen LogP contribution in [0.3, 0.4) is 0 Å². The number of allylic oxidation sites excluding steroid dienone is 1. The molecule has 1 N–H and O–H groups in total. The average molecular weight is 266 g/mol. The molecule has 1 rings (SSSR count). The number of furan rings is 1. The first kappa shape index (κ1) is 15.2. The van der Waals surface area contributed by atoms with Gasteiger partial charge < -0.3 is 14.3 Å². The second-order valence-corrected chi connectivity index (χ2v) is 3.92. The number of ether oxygens (including phenoxy) is 1. The summed E-state index contributed by atoms with van der Waals surface area (Å²) in [6.07, 6.45) is 3.98. The Hall–Kier alpha value is -1.88. The normalized spacial score (nSPS) is 10.8. The van der Waals surface area contributed by atoms with Crippen LogP contribution < -0.4 is 0 Å². The first-order valence-corrected chi connectivity index (χ1v) is 6.21. The lowest BCUT2D eigenvalue weighted by molar-refractivity contribution is -0.143. The largest absolute Gasteiger partial charge is 0.466 e. The van der Waals surface area contributed by atoms with Gasteiger partial charge >= 0.3 is 5.97 Å². The Balaban J connectivity index is 2.28. The quantitative estimate of drug-likeness (QED) is 0.576. The highest BCUT2D eigenvalue weighted by Gasteiger charge is 2.04. The molecule has 104 valence electrons. The minimum Gasteiger partial charge on any atom is -0.466 e. The first-order chi connectivity index (χ1) is 9.15. The molecule has 0 saturated carbocycles. The van der Waals surface area contributed by atoms with Gasteiger partial charge in [-0.2, -0.15) is 0 Å². The fraction of sp³-hybridized carbons (Fsp3) is 0.429. The fourth-order valence-corrected chi connectivity index (χ4v) is 1.47. The number of aliphatic hydroxyl groups is 1. The zero-order chi connectivity index (χ0) is 14.1. The standard InChI is InChI=1S/C14H18O5/c1-2-18-14(17)5-3-4-11(16)6-7-12-8-9-13(10-15)19-12/h6-9,15H,2-5,10H2,1H3/b7-6+. The Morgan fingerprint density at radius 2 is 2.16 bits per heavy atom. The van der Waals surface area contributed by atoms with Gasteiger partial charge in [0.2, 0.25) is 0 Å². The third kappa shape index (κ3) is 6.01. The van der Waals surface area contributed by atoms with Gasteiger partial charge in [0.15, 0.2) is 5.78 Å². The predicted octanol–water partition coefficient (Wildman–Crippen LogP) is 2.09. The van der Waals surface area contributed by atoms with Crippen LogP contribution in [0.15, 0.2) is 22.6 Å². The summed E-state index contributed by atoms with van der Waals surface area (Å²) < 4.78 is 9.96. The summed E-state index contributed by atoms with van der Waals surface area (Å²) in [7, 11) is 0. The van der Waals surface area contributed by atoms with Crippen LogP contribution in [0.5, 0.6) is 0 Å². The topological polar surface area (TPSA) is 76.7 Å². The number of hydrogen-bond donors (Lipinski definition) is 1. The molecule has 19 heavy (non-hydrogen) atoms. The number of carbonyl (C=O) groups excluding carboxylic acids is 2. The molecule has 0 aliphatic carbocycles. The van der Waals surface area contributed by atoms with Gasteiger partial charge in [-0.1, -0.05) is 0 Å². The van der Waals surface area contributed by atoms with E-state index in [1.807, 2.05) is 0 Å². The molecule has 1 aromatic heterocycles. The smallest absolute Gasteiger partial charge is 0.305 e. The van der Waals surface area contributed by atoms with E-state index in [-0.39, 0.29) is 24.8 Å².